The second-order valence-electron chi connectivity index (χ2n) is 4.33. The van der Waals surface area contributed by atoms with Crippen molar-refractivity contribution in [1.29, 1.82) is 0 Å². The fourth-order valence-corrected chi connectivity index (χ4v) is 2.24. The number of ether oxygens (including phenoxy) is 2. The highest BCUT2D eigenvalue weighted by Gasteiger charge is 2.51. The second kappa shape index (κ2) is 3.52. The topological polar surface area (TPSA) is 93.6 Å². The van der Waals surface area contributed by atoms with Gasteiger partial charge in [-0.15, -0.1) is 0 Å². The van der Waals surface area contributed by atoms with Crippen molar-refractivity contribution < 1.29 is 14.6 Å². The highest BCUT2D eigenvalue weighted by atomic mass is 16.6. The smallest absolute Gasteiger partial charge is 0.330 e. The number of aromatic nitrogens is 2. The molecule has 7 nitrogen and oxygen atoms in total. The molecular weight excluding hydrogens is 228 g/mol. The summed E-state index contributed by atoms with van der Waals surface area (Å²) < 4.78 is 12.1. The molecule has 0 unspecified atom stereocenters. The van der Waals surface area contributed by atoms with Crippen LogP contribution in [-0.2, 0) is 9.47 Å². The first-order valence-corrected chi connectivity index (χ1v) is 5.35. The molecule has 0 aromatic carbocycles. The Morgan fingerprint density at radius 2 is 2.29 bits per heavy atom. The standard InChI is InChI=1S/C10H12N2O5/c1-4-2-12(10(15)11-8(4)14)9-7-6(13)5(17-9)3-16-7/h2,5-7,9,13H,3H2,1H3,(H,11,14,15)/t5-,6+,7+,9-/m0/s1. The Bertz CT molecular complexity index is 563. The van der Waals surface area contributed by atoms with Crippen molar-refractivity contribution in [2.45, 2.75) is 31.5 Å². The van der Waals surface area contributed by atoms with E-state index < -0.39 is 35.8 Å². The van der Waals surface area contributed by atoms with Crippen molar-refractivity contribution in [3.05, 3.63) is 32.6 Å². The van der Waals surface area contributed by atoms with Crippen LogP contribution in [0.2, 0.25) is 0 Å². The summed E-state index contributed by atoms with van der Waals surface area (Å²) in [5.41, 5.74) is -0.574. The van der Waals surface area contributed by atoms with Crippen molar-refractivity contribution in [3.8, 4) is 0 Å². The molecular formula is C10H12N2O5. The predicted molar refractivity (Wildman–Crippen MR) is 55.7 cm³/mol. The minimum atomic E-state index is -0.723. The third kappa shape index (κ3) is 1.47. The van der Waals surface area contributed by atoms with Gasteiger partial charge in [0.05, 0.1) is 6.61 Å². The Kier molecular flexibility index (Phi) is 2.22. The molecule has 1 aromatic heterocycles. The fourth-order valence-electron chi connectivity index (χ4n) is 2.24. The van der Waals surface area contributed by atoms with Crippen LogP contribution in [0, 0.1) is 6.92 Å². The zero-order valence-electron chi connectivity index (χ0n) is 9.12. The van der Waals surface area contributed by atoms with Gasteiger partial charge in [-0.2, -0.15) is 0 Å². The SMILES string of the molecule is Cc1cn([C@H]2O[C@H]3CO[C@@H]2[C@@H]3O)c(=O)[nH]c1=O. The van der Waals surface area contributed by atoms with E-state index in [0.29, 0.717) is 12.2 Å². The third-order valence-electron chi connectivity index (χ3n) is 3.19. The van der Waals surface area contributed by atoms with Crippen LogP contribution in [0.1, 0.15) is 11.8 Å². The second-order valence-corrected chi connectivity index (χ2v) is 4.33. The van der Waals surface area contributed by atoms with Crippen molar-refractivity contribution in [2.24, 2.45) is 0 Å². The lowest BCUT2D eigenvalue weighted by molar-refractivity contribution is -0.128. The maximum atomic E-state index is 11.7. The quantitative estimate of drug-likeness (QED) is 0.623. The van der Waals surface area contributed by atoms with Gasteiger partial charge in [0, 0.05) is 11.8 Å². The van der Waals surface area contributed by atoms with E-state index in [9.17, 15) is 14.7 Å². The van der Waals surface area contributed by atoms with Gasteiger partial charge in [0.25, 0.3) is 5.56 Å². The minimum absolute atomic E-state index is 0.333. The molecule has 3 rings (SSSR count). The monoisotopic (exact) mass is 240 g/mol. The molecule has 2 fully saturated rings. The molecule has 2 aliphatic rings. The summed E-state index contributed by atoms with van der Waals surface area (Å²) in [6.45, 7) is 1.93. The molecule has 92 valence electrons. The molecule has 0 radical (unpaired) electrons. The molecule has 2 aliphatic heterocycles. The number of hydrogen-bond donors (Lipinski definition) is 2. The number of aromatic amines is 1. The lowest BCUT2D eigenvalue weighted by Gasteiger charge is -2.23. The highest BCUT2D eigenvalue weighted by molar-refractivity contribution is 5.04. The number of nitrogens with zero attached hydrogens (tertiary/aromatic N) is 1. The van der Waals surface area contributed by atoms with Gasteiger partial charge in [-0.25, -0.2) is 4.79 Å². The molecule has 2 bridgehead atoms. The summed E-state index contributed by atoms with van der Waals surface area (Å²) in [5, 5.41) is 9.74. The van der Waals surface area contributed by atoms with Crippen molar-refractivity contribution in [1.82, 2.24) is 9.55 Å². The van der Waals surface area contributed by atoms with Gasteiger partial charge in [-0.1, -0.05) is 0 Å². The largest absolute Gasteiger partial charge is 0.387 e. The van der Waals surface area contributed by atoms with Crippen molar-refractivity contribution in [2.75, 3.05) is 6.61 Å². The van der Waals surface area contributed by atoms with Gasteiger partial charge in [-0.3, -0.25) is 14.3 Å². The Balaban J connectivity index is 2.04. The van der Waals surface area contributed by atoms with Crippen molar-refractivity contribution >= 4 is 0 Å². The number of fused-ring (bicyclic) bond motifs is 2. The molecule has 3 heterocycles. The summed E-state index contributed by atoms with van der Waals surface area (Å²) >= 11 is 0. The van der Waals surface area contributed by atoms with Crippen LogP contribution in [0.3, 0.4) is 0 Å². The number of nitrogens with one attached hydrogen (secondary N) is 1. The first-order chi connectivity index (χ1) is 8.08. The molecule has 0 amide bonds. The molecule has 4 atom stereocenters. The average molecular weight is 240 g/mol. The summed E-state index contributed by atoms with van der Waals surface area (Å²) in [7, 11) is 0. The van der Waals surface area contributed by atoms with E-state index in [2.05, 4.69) is 4.98 Å². The van der Waals surface area contributed by atoms with Gasteiger partial charge in [-0.05, 0) is 6.92 Å². The average Bonchev–Trinajstić information content (AvgIpc) is 2.79. The molecule has 1 aromatic rings. The van der Waals surface area contributed by atoms with Crippen LogP contribution in [0.5, 0.6) is 0 Å². The Morgan fingerprint density at radius 1 is 1.53 bits per heavy atom. The Morgan fingerprint density at radius 3 is 2.88 bits per heavy atom. The lowest BCUT2D eigenvalue weighted by atomic mass is 10.2. The van der Waals surface area contributed by atoms with E-state index in [1.807, 2.05) is 0 Å². The van der Waals surface area contributed by atoms with Crippen LogP contribution < -0.4 is 11.2 Å². The number of aliphatic hydroxyl groups is 1. The van der Waals surface area contributed by atoms with E-state index in [-0.39, 0.29) is 0 Å². The highest BCUT2D eigenvalue weighted by Crippen LogP contribution is 2.36. The molecule has 17 heavy (non-hydrogen) atoms. The third-order valence-corrected chi connectivity index (χ3v) is 3.19. The number of H-pyrrole nitrogens is 1. The molecule has 7 heteroatoms. The zero-order chi connectivity index (χ0) is 12.2. The first-order valence-electron chi connectivity index (χ1n) is 5.35. The summed E-state index contributed by atoms with van der Waals surface area (Å²) in [6.07, 6.45) is -0.930. The number of aryl methyl sites for hydroxylation is 1. The molecule has 0 saturated carbocycles. The Hall–Kier alpha value is -1.44. The van der Waals surface area contributed by atoms with Gasteiger partial charge in [0.2, 0.25) is 0 Å². The Labute approximate surface area is 95.6 Å². The minimum Gasteiger partial charge on any atom is -0.387 e. The summed E-state index contributed by atoms with van der Waals surface area (Å²) in [6, 6.07) is 0. The number of aliphatic hydroxyl groups excluding tert-OH is 1. The van der Waals surface area contributed by atoms with Gasteiger partial charge < -0.3 is 14.6 Å². The molecule has 0 spiro atoms. The molecule has 2 saturated heterocycles. The summed E-state index contributed by atoms with van der Waals surface area (Å²) in [5.74, 6) is 0. The maximum absolute atomic E-state index is 11.7. The summed E-state index contributed by atoms with van der Waals surface area (Å²) in [4.78, 5) is 25.1. The first kappa shape index (κ1) is 10.7. The van der Waals surface area contributed by atoms with Crippen LogP contribution in [0.25, 0.3) is 0 Å². The van der Waals surface area contributed by atoms with Crippen molar-refractivity contribution in [3.63, 3.8) is 0 Å². The van der Waals surface area contributed by atoms with Gasteiger partial charge in [0.1, 0.15) is 18.3 Å². The predicted octanol–water partition coefficient (Wildman–Crippen LogP) is -1.50. The molecule has 0 aliphatic carbocycles. The van der Waals surface area contributed by atoms with E-state index in [1.54, 1.807) is 6.92 Å². The zero-order valence-corrected chi connectivity index (χ0v) is 9.12. The van der Waals surface area contributed by atoms with Gasteiger partial charge >= 0.3 is 5.69 Å². The van der Waals surface area contributed by atoms with Crippen LogP contribution in [0.15, 0.2) is 15.8 Å². The van der Waals surface area contributed by atoms with Crippen LogP contribution >= 0.6 is 0 Å². The normalized spacial score (nSPS) is 35.4. The number of hydrogen-bond acceptors (Lipinski definition) is 5. The van der Waals surface area contributed by atoms with E-state index in [1.165, 1.54) is 10.8 Å². The number of rotatable bonds is 1. The van der Waals surface area contributed by atoms with Crippen LogP contribution in [0.4, 0.5) is 0 Å². The lowest BCUT2D eigenvalue weighted by Crippen LogP contribution is -2.39. The molecule has 2 N–H and O–H groups in total. The fraction of sp³-hybridized carbons (Fsp3) is 0.600. The van der Waals surface area contributed by atoms with E-state index in [4.69, 9.17) is 9.47 Å². The van der Waals surface area contributed by atoms with E-state index in [0.717, 1.165) is 0 Å². The van der Waals surface area contributed by atoms with Crippen LogP contribution in [-0.4, -0.2) is 39.6 Å². The van der Waals surface area contributed by atoms with E-state index >= 15 is 0 Å². The maximum Gasteiger partial charge on any atom is 0.330 e. The van der Waals surface area contributed by atoms with Gasteiger partial charge in [0.15, 0.2) is 6.23 Å².